The van der Waals surface area contributed by atoms with Gasteiger partial charge in [-0.1, -0.05) is 24.3 Å². The van der Waals surface area contributed by atoms with Crippen LogP contribution >= 0.6 is 15.9 Å². The lowest BCUT2D eigenvalue weighted by Crippen LogP contribution is -2.33. The molecule has 0 fully saturated rings. The standard InChI is InChI=1S/C17H12BrNO4/c18-14-8-4-3-7-13(14)17(22)23-10-9-19-15(20)11-5-1-2-6-12(11)16(19)21/h1-8H,9-10H2. The molecule has 0 aliphatic carbocycles. The first kappa shape index (κ1) is 15.4. The number of amides is 2. The zero-order valence-corrected chi connectivity index (χ0v) is 13.6. The number of carbonyl (C=O) groups is 3. The van der Waals surface area contributed by atoms with Gasteiger partial charge in [-0.05, 0) is 40.2 Å². The monoisotopic (exact) mass is 373 g/mol. The van der Waals surface area contributed by atoms with E-state index in [4.69, 9.17) is 4.74 Å². The fourth-order valence-corrected chi connectivity index (χ4v) is 2.82. The Morgan fingerprint density at radius 1 is 0.957 bits per heavy atom. The molecule has 5 nitrogen and oxygen atoms in total. The van der Waals surface area contributed by atoms with Gasteiger partial charge in [0.2, 0.25) is 0 Å². The van der Waals surface area contributed by atoms with Crippen molar-refractivity contribution in [3.63, 3.8) is 0 Å². The number of hydrogen-bond acceptors (Lipinski definition) is 4. The summed E-state index contributed by atoms with van der Waals surface area (Å²) in [5, 5.41) is 0. The van der Waals surface area contributed by atoms with Crippen molar-refractivity contribution in [1.82, 2.24) is 4.90 Å². The van der Waals surface area contributed by atoms with Crippen LogP contribution in [0.3, 0.4) is 0 Å². The van der Waals surface area contributed by atoms with Crippen LogP contribution in [0.2, 0.25) is 0 Å². The van der Waals surface area contributed by atoms with Crippen LogP contribution in [-0.2, 0) is 4.74 Å². The Morgan fingerprint density at radius 2 is 1.52 bits per heavy atom. The van der Waals surface area contributed by atoms with Gasteiger partial charge in [-0.2, -0.15) is 0 Å². The number of imide groups is 1. The molecule has 2 aromatic rings. The average molecular weight is 374 g/mol. The van der Waals surface area contributed by atoms with E-state index in [2.05, 4.69) is 15.9 Å². The third kappa shape index (κ3) is 2.90. The van der Waals surface area contributed by atoms with E-state index in [1.165, 1.54) is 0 Å². The van der Waals surface area contributed by atoms with E-state index in [1.54, 1.807) is 48.5 Å². The largest absolute Gasteiger partial charge is 0.460 e. The second-order valence-corrected chi connectivity index (χ2v) is 5.78. The van der Waals surface area contributed by atoms with Crippen LogP contribution in [0, 0.1) is 0 Å². The Kier molecular flexibility index (Phi) is 4.25. The predicted octanol–water partition coefficient (Wildman–Crippen LogP) is 2.90. The molecule has 6 heteroatoms. The average Bonchev–Trinajstić information content (AvgIpc) is 2.80. The van der Waals surface area contributed by atoms with Crippen LogP contribution in [0.25, 0.3) is 0 Å². The highest BCUT2D eigenvalue weighted by Crippen LogP contribution is 2.22. The Hall–Kier alpha value is -2.47. The van der Waals surface area contributed by atoms with Crippen LogP contribution < -0.4 is 0 Å². The third-order valence-electron chi connectivity index (χ3n) is 3.52. The number of carbonyl (C=O) groups excluding carboxylic acids is 3. The topological polar surface area (TPSA) is 63.7 Å². The minimum atomic E-state index is -0.505. The van der Waals surface area contributed by atoms with Crippen LogP contribution in [0.15, 0.2) is 53.0 Å². The Balaban J connectivity index is 1.62. The summed E-state index contributed by atoms with van der Waals surface area (Å²) in [5.41, 5.74) is 1.17. The van der Waals surface area contributed by atoms with Gasteiger partial charge in [-0.3, -0.25) is 14.5 Å². The number of halogens is 1. The van der Waals surface area contributed by atoms with Crippen molar-refractivity contribution < 1.29 is 19.1 Å². The molecule has 23 heavy (non-hydrogen) atoms. The first-order valence-corrected chi connectivity index (χ1v) is 7.76. The highest BCUT2D eigenvalue weighted by molar-refractivity contribution is 9.10. The fourth-order valence-electron chi connectivity index (χ4n) is 2.38. The van der Waals surface area contributed by atoms with Gasteiger partial charge in [0.1, 0.15) is 6.61 Å². The SMILES string of the molecule is O=C(OCCN1C(=O)c2ccccc2C1=O)c1ccccc1Br. The third-order valence-corrected chi connectivity index (χ3v) is 4.21. The summed E-state index contributed by atoms with van der Waals surface area (Å²) in [6, 6.07) is 13.5. The molecule has 0 saturated carbocycles. The first-order valence-electron chi connectivity index (χ1n) is 6.96. The van der Waals surface area contributed by atoms with Gasteiger partial charge >= 0.3 is 5.97 Å². The fraction of sp³-hybridized carbons (Fsp3) is 0.118. The molecule has 0 spiro atoms. The van der Waals surface area contributed by atoms with Crippen LogP contribution in [-0.4, -0.2) is 35.8 Å². The van der Waals surface area contributed by atoms with Gasteiger partial charge in [0.25, 0.3) is 11.8 Å². The Bertz CT molecular complexity index is 768. The summed E-state index contributed by atoms with van der Waals surface area (Å²) in [6.07, 6.45) is 0. The van der Waals surface area contributed by atoms with E-state index >= 15 is 0 Å². The zero-order valence-electron chi connectivity index (χ0n) is 12.0. The number of hydrogen-bond donors (Lipinski definition) is 0. The molecule has 3 rings (SSSR count). The lowest BCUT2D eigenvalue weighted by Gasteiger charge is -2.14. The second-order valence-electron chi connectivity index (χ2n) is 4.92. The van der Waals surface area contributed by atoms with Crippen molar-refractivity contribution in [3.8, 4) is 0 Å². The molecular weight excluding hydrogens is 362 g/mol. The maximum Gasteiger partial charge on any atom is 0.339 e. The zero-order chi connectivity index (χ0) is 16.4. The number of fused-ring (bicyclic) bond motifs is 1. The van der Waals surface area contributed by atoms with Crippen molar-refractivity contribution in [3.05, 3.63) is 69.7 Å². The Morgan fingerprint density at radius 3 is 2.13 bits per heavy atom. The molecule has 1 aliphatic heterocycles. The minimum Gasteiger partial charge on any atom is -0.460 e. The van der Waals surface area contributed by atoms with E-state index in [0.717, 1.165) is 4.90 Å². The van der Waals surface area contributed by atoms with Crippen molar-refractivity contribution in [1.29, 1.82) is 0 Å². The quantitative estimate of drug-likeness (QED) is 0.610. The van der Waals surface area contributed by atoms with E-state index < -0.39 is 5.97 Å². The first-order chi connectivity index (χ1) is 11.1. The number of ether oxygens (including phenoxy) is 1. The summed E-state index contributed by atoms with van der Waals surface area (Å²) < 4.78 is 5.78. The normalized spacial score (nSPS) is 13.2. The summed E-state index contributed by atoms with van der Waals surface area (Å²) in [4.78, 5) is 37.4. The van der Waals surface area contributed by atoms with Gasteiger partial charge in [-0.15, -0.1) is 0 Å². The molecule has 0 radical (unpaired) electrons. The van der Waals surface area contributed by atoms with Crippen LogP contribution in [0.4, 0.5) is 0 Å². The van der Waals surface area contributed by atoms with Crippen molar-refractivity contribution >= 4 is 33.7 Å². The van der Waals surface area contributed by atoms with E-state index in [1.807, 2.05) is 0 Å². The second kappa shape index (κ2) is 6.34. The number of nitrogens with zero attached hydrogens (tertiary/aromatic N) is 1. The molecule has 0 saturated heterocycles. The molecule has 0 bridgehead atoms. The number of benzene rings is 2. The van der Waals surface area contributed by atoms with Crippen LogP contribution in [0.5, 0.6) is 0 Å². The summed E-state index contributed by atoms with van der Waals surface area (Å²) in [7, 11) is 0. The number of esters is 1. The van der Waals surface area contributed by atoms with Crippen LogP contribution in [0.1, 0.15) is 31.1 Å². The van der Waals surface area contributed by atoms with E-state index in [0.29, 0.717) is 21.2 Å². The van der Waals surface area contributed by atoms with Gasteiger partial charge in [0.15, 0.2) is 0 Å². The molecule has 2 aromatic carbocycles. The van der Waals surface area contributed by atoms with E-state index in [-0.39, 0.29) is 25.0 Å². The maximum atomic E-state index is 12.2. The molecule has 0 N–H and O–H groups in total. The van der Waals surface area contributed by atoms with Gasteiger partial charge in [0, 0.05) is 4.47 Å². The summed E-state index contributed by atoms with van der Waals surface area (Å²) in [6.45, 7) is -0.0197. The molecular formula is C17H12BrNO4. The van der Waals surface area contributed by atoms with Gasteiger partial charge in [0.05, 0.1) is 23.2 Å². The number of rotatable bonds is 4. The minimum absolute atomic E-state index is 0.0303. The van der Waals surface area contributed by atoms with Crippen molar-refractivity contribution in [2.24, 2.45) is 0 Å². The van der Waals surface area contributed by atoms with Crippen molar-refractivity contribution in [2.45, 2.75) is 0 Å². The predicted molar refractivity (Wildman–Crippen MR) is 86.2 cm³/mol. The highest BCUT2D eigenvalue weighted by atomic mass is 79.9. The molecule has 0 unspecified atom stereocenters. The highest BCUT2D eigenvalue weighted by Gasteiger charge is 2.34. The molecule has 1 aliphatic rings. The molecule has 1 heterocycles. The van der Waals surface area contributed by atoms with Crippen molar-refractivity contribution in [2.75, 3.05) is 13.2 Å². The molecule has 0 atom stereocenters. The summed E-state index contributed by atoms with van der Waals surface area (Å²) in [5.74, 6) is -1.22. The Labute approximate surface area is 141 Å². The molecule has 116 valence electrons. The molecule has 2 amide bonds. The van der Waals surface area contributed by atoms with Gasteiger partial charge < -0.3 is 4.74 Å². The maximum absolute atomic E-state index is 12.2. The lowest BCUT2D eigenvalue weighted by atomic mass is 10.1. The van der Waals surface area contributed by atoms with Gasteiger partial charge in [-0.25, -0.2) is 4.79 Å². The smallest absolute Gasteiger partial charge is 0.339 e. The molecule has 0 aromatic heterocycles. The summed E-state index contributed by atoms with van der Waals surface area (Å²) >= 11 is 3.27. The van der Waals surface area contributed by atoms with E-state index in [9.17, 15) is 14.4 Å². The lowest BCUT2D eigenvalue weighted by molar-refractivity contribution is 0.0419.